The fourth-order valence-electron chi connectivity index (χ4n) is 3.31. The Hall–Kier alpha value is -1.32. The summed E-state index contributed by atoms with van der Waals surface area (Å²) < 4.78 is 0. The Balaban J connectivity index is 1.60. The van der Waals surface area contributed by atoms with Crippen molar-refractivity contribution in [3.8, 4) is 5.75 Å². The van der Waals surface area contributed by atoms with Crippen molar-refractivity contribution in [3.05, 3.63) is 51.7 Å². The molecule has 3 heteroatoms. The average molecular weight is 301 g/mol. The summed E-state index contributed by atoms with van der Waals surface area (Å²) in [5.74, 6) is 1.02. The number of fused-ring (bicyclic) bond motifs is 1. The highest BCUT2D eigenvalue weighted by atomic mass is 32.1. The van der Waals surface area contributed by atoms with Gasteiger partial charge in [0, 0.05) is 13.1 Å². The third kappa shape index (κ3) is 3.66. The number of hydrogen-bond acceptors (Lipinski definition) is 3. The SMILES string of the molecule is CN(CCc1ccsc1)CC1CCCc2cc(O)ccc21. The van der Waals surface area contributed by atoms with Gasteiger partial charge >= 0.3 is 0 Å². The molecule has 1 N–H and O–H groups in total. The predicted molar refractivity (Wildman–Crippen MR) is 89.3 cm³/mol. The second-order valence-electron chi connectivity index (χ2n) is 6.12. The van der Waals surface area contributed by atoms with E-state index < -0.39 is 0 Å². The van der Waals surface area contributed by atoms with E-state index in [0.717, 1.165) is 25.9 Å². The number of phenols is 1. The molecule has 0 aliphatic heterocycles. The Kier molecular flexibility index (Phi) is 4.61. The van der Waals surface area contributed by atoms with Crippen LogP contribution in [-0.4, -0.2) is 30.1 Å². The van der Waals surface area contributed by atoms with Crippen molar-refractivity contribution >= 4 is 11.3 Å². The fourth-order valence-corrected chi connectivity index (χ4v) is 4.02. The standard InChI is InChI=1S/C18H23NOS/c1-19(9-7-14-8-10-21-13-14)12-16-4-2-3-15-11-17(20)5-6-18(15)16/h5-6,8,10-11,13,16,20H,2-4,7,9,12H2,1H3. The summed E-state index contributed by atoms with van der Waals surface area (Å²) in [7, 11) is 2.22. The predicted octanol–water partition coefficient (Wildman–Crippen LogP) is 4.05. The van der Waals surface area contributed by atoms with Crippen molar-refractivity contribution in [3.63, 3.8) is 0 Å². The maximum absolute atomic E-state index is 9.64. The van der Waals surface area contributed by atoms with Crippen LogP contribution < -0.4 is 0 Å². The average Bonchev–Trinajstić information content (AvgIpc) is 2.98. The highest BCUT2D eigenvalue weighted by molar-refractivity contribution is 7.07. The molecule has 1 unspecified atom stereocenters. The quantitative estimate of drug-likeness (QED) is 0.900. The first-order valence-corrected chi connectivity index (χ1v) is 8.68. The highest BCUT2D eigenvalue weighted by Crippen LogP contribution is 2.33. The molecule has 0 amide bonds. The number of phenolic OH excluding ortho intramolecular Hbond substituents is 1. The minimum atomic E-state index is 0.403. The first kappa shape index (κ1) is 14.6. The van der Waals surface area contributed by atoms with Crippen LogP contribution in [0.2, 0.25) is 0 Å². The second kappa shape index (κ2) is 6.63. The van der Waals surface area contributed by atoms with Crippen molar-refractivity contribution in [2.75, 3.05) is 20.1 Å². The zero-order chi connectivity index (χ0) is 14.7. The molecule has 0 saturated heterocycles. The summed E-state index contributed by atoms with van der Waals surface area (Å²) in [6, 6.07) is 8.13. The van der Waals surface area contributed by atoms with Crippen LogP contribution in [0.5, 0.6) is 5.75 Å². The van der Waals surface area contributed by atoms with Crippen molar-refractivity contribution in [2.45, 2.75) is 31.6 Å². The van der Waals surface area contributed by atoms with Crippen LogP contribution in [-0.2, 0) is 12.8 Å². The van der Waals surface area contributed by atoms with Gasteiger partial charge in [0.15, 0.2) is 0 Å². The van der Waals surface area contributed by atoms with Gasteiger partial charge in [-0.05, 0) is 84.3 Å². The van der Waals surface area contributed by atoms with Crippen LogP contribution in [0.1, 0.15) is 35.4 Å². The van der Waals surface area contributed by atoms with Gasteiger partial charge in [-0.1, -0.05) is 6.07 Å². The monoisotopic (exact) mass is 301 g/mol. The Bertz CT molecular complexity index is 579. The third-order valence-corrected chi connectivity index (χ3v) is 5.19. The van der Waals surface area contributed by atoms with Gasteiger partial charge in [-0.15, -0.1) is 0 Å². The molecule has 112 valence electrons. The molecule has 1 aliphatic rings. The van der Waals surface area contributed by atoms with E-state index in [0.29, 0.717) is 11.7 Å². The van der Waals surface area contributed by atoms with Gasteiger partial charge in [0.2, 0.25) is 0 Å². The van der Waals surface area contributed by atoms with Crippen LogP contribution in [0.4, 0.5) is 0 Å². The molecular weight excluding hydrogens is 278 g/mol. The lowest BCUT2D eigenvalue weighted by molar-refractivity contribution is 0.301. The van der Waals surface area contributed by atoms with E-state index in [1.165, 1.54) is 29.5 Å². The second-order valence-corrected chi connectivity index (χ2v) is 6.90. The lowest BCUT2D eigenvalue weighted by Gasteiger charge is -2.29. The minimum Gasteiger partial charge on any atom is -0.508 e. The van der Waals surface area contributed by atoms with Crippen molar-refractivity contribution < 1.29 is 5.11 Å². The smallest absolute Gasteiger partial charge is 0.115 e. The van der Waals surface area contributed by atoms with E-state index in [1.807, 2.05) is 12.1 Å². The lowest BCUT2D eigenvalue weighted by atomic mass is 9.82. The van der Waals surface area contributed by atoms with Gasteiger partial charge in [0.25, 0.3) is 0 Å². The summed E-state index contributed by atoms with van der Waals surface area (Å²) in [5.41, 5.74) is 4.24. The maximum atomic E-state index is 9.64. The molecule has 0 bridgehead atoms. The first-order chi connectivity index (χ1) is 10.2. The molecule has 0 radical (unpaired) electrons. The van der Waals surface area contributed by atoms with Gasteiger partial charge in [-0.3, -0.25) is 0 Å². The number of benzene rings is 1. The topological polar surface area (TPSA) is 23.5 Å². The Morgan fingerprint density at radius 2 is 2.24 bits per heavy atom. The number of aromatic hydroxyl groups is 1. The number of hydrogen-bond donors (Lipinski definition) is 1. The van der Waals surface area contributed by atoms with Gasteiger partial charge < -0.3 is 10.0 Å². The largest absolute Gasteiger partial charge is 0.508 e. The molecule has 0 fully saturated rings. The Morgan fingerprint density at radius 3 is 3.05 bits per heavy atom. The molecule has 2 aromatic rings. The third-order valence-electron chi connectivity index (χ3n) is 4.46. The number of thiophene rings is 1. The van der Waals surface area contributed by atoms with E-state index in [4.69, 9.17) is 0 Å². The number of rotatable bonds is 5. The molecule has 1 aromatic heterocycles. The van der Waals surface area contributed by atoms with Gasteiger partial charge in [-0.25, -0.2) is 0 Å². The zero-order valence-electron chi connectivity index (χ0n) is 12.6. The molecule has 0 spiro atoms. The number of likely N-dealkylation sites (N-methyl/N-ethyl adjacent to an activating group) is 1. The van der Waals surface area contributed by atoms with Crippen molar-refractivity contribution in [1.82, 2.24) is 4.90 Å². The number of aryl methyl sites for hydroxylation is 1. The normalized spacial score (nSPS) is 17.9. The van der Waals surface area contributed by atoms with Crippen LogP contribution in [0.3, 0.4) is 0 Å². The molecule has 21 heavy (non-hydrogen) atoms. The summed E-state index contributed by atoms with van der Waals surface area (Å²) in [4.78, 5) is 2.45. The molecule has 1 atom stereocenters. The van der Waals surface area contributed by atoms with Crippen molar-refractivity contribution in [1.29, 1.82) is 0 Å². The van der Waals surface area contributed by atoms with Crippen LogP contribution >= 0.6 is 11.3 Å². The fraction of sp³-hybridized carbons (Fsp3) is 0.444. The van der Waals surface area contributed by atoms with Crippen LogP contribution in [0, 0.1) is 0 Å². The molecule has 1 aliphatic carbocycles. The highest BCUT2D eigenvalue weighted by Gasteiger charge is 2.21. The Morgan fingerprint density at radius 1 is 1.33 bits per heavy atom. The zero-order valence-corrected chi connectivity index (χ0v) is 13.4. The summed E-state index contributed by atoms with van der Waals surface area (Å²) >= 11 is 1.78. The molecule has 1 heterocycles. The van der Waals surface area contributed by atoms with Gasteiger partial charge in [-0.2, -0.15) is 11.3 Å². The van der Waals surface area contributed by atoms with Gasteiger partial charge in [0.05, 0.1) is 0 Å². The van der Waals surface area contributed by atoms with E-state index in [1.54, 1.807) is 11.3 Å². The molecule has 1 aromatic carbocycles. The van der Waals surface area contributed by atoms with E-state index in [2.05, 4.69) is 34.8 Å². The molecule has 0 saturated carbocycles. The Labute approximate surface area is 131 Å². The lowest BCUT2D eigenvalue weighted by Crippen LogP contribution is -2.28. The molecular formula is C18H23NOS. The molecule has 3 rings (SSSR count). The van der Waals surface area contributed by atoms with E-state index in [-0.39, 0.29) is 0 Å². The maximum Gasteiger partial charge on any atom is 0.115 e. The molecule has 2 nitrogen and oxygen atoms in total. The number of nitrogens with zero attached hydrogens (tertiary/aromatic N) is 1. The first-order valence-electron chi connectivity index (χ1n) is 7.74. The van der Waals surface area contributed by atoms with Crippen LogP contribution in [0.25, 0.3) is 0 Å². The van der Waals surface area contributed by atoms with Gasteiger partial charge in [0.1, 0.15) is 5.75 Å². The summed E-state index contributed by atoms with van der Waals surface area (Å²) in [6.07, 6.45) is 4.74. The van der Waals surface area contributed by atoms with E-state index in [9.17, 15) is 5.11 Å². The summed E-state index contributed by atoms with van der Waals surface area (Å²) in [5, 5.41) is 14.0. The van der Waals surface area contributed by atoms with Crippen molar-refractivity contribution in [2.24, 2.45) is 0 Å². The van der Waals surface area contributed by atoms with Crippen LogP contribution in [0.15, 0.2) is 35.0 Å². The van der Waals surface area contributed by atoms with E-state index >= 15 is 0 Å². The summed E-state index contributed by atoms with van der Waals surface area (Å²) in [6.45, 7) is 2.22. The minimum absolute atomic E-state index is 0.403.